The Balaban J connectivity index is 4.97. The highest BCUT2D eigenvalue weighted by atomic mass is 16.4. The fourth-order valence-electron chi connectivity index (χ4n) is 1.81. The number of rotatable bonds is 9. The predicted octanol–water partition coefficient (Wildman–Crippen LogP) is -2.46. The van der Waals surface area contributed by atoms with Crippen molar-refractivity contribution in [2.75, 3.05) is 6.54 Å². The molecule has 4 atom stereocenters. The first kappa shape index (κ1) is 21.8. The van der Waals surface area contributed by atoms with E-state index in [0.717, 1.165) is 0 Å². The second-order valence-electron chi connectivity index (χ2n) is 5.79. The molecule has 0 saturated carbocycles. The van der Waals surface area contributed by atoms with Crippen molar-refractivity contribution in [3.05, 3.63) is 0 Å². The van der Waals surface area contributed by atoms with Gasteiger partial charge >= 0.3 is 5.97 Å². The monoisotopic (exact) mass is 346 g/mol. The lowest BCUT2D eigenvalue weighted by molar-refractivity contribution is -0.145. The van der Waals surface area contributed by atoms with Gasteiger partial charge in [0.05, 0.1) is 12.6 Å². The third-order valence-corrected chi connectivity index (χ3v) is 3.25. The summed E-state index contributed by atoms with van der Waals surface area (Å²) in [5.41, 5.74) is 5.14. The summed E-state index contributed by atoms with van der Waals surface area (Å²) in [4.78, 5) is 46.5. The highest BCUT2D eigenvalue weighted by molar-refractivity contribution is 5.93. The van der Waals surface area contributed by atoms with Crippen molar-refractivity contribution in [1.29, 1.82) is 0 Å². The second kappa shape index (κ2) is 9.83. The number of aliphatic carboxylic acids is 1. The fourth-order valence-corrected chi connectivity index (χ4v) is 1.81. The van der Waals surface area contributed by atoms with Crippen LogP contribution in [0.2, 0.25) is 0 Å². The summed E-state index contributed by atoms with van der Waals surface area (Å²) < 4.78 is 0. The van der Waals surface area contributed by atoms with Gasteiger partial charge in [-0.2, -0.15) is 0 Å². The minimum Gasteiger partial charge on any atom is -0.480 e. The maximum Gasteiger partial charge on any atom is 0.328 e. The normalized spacial score (nSPS) is 15.8. The van der Waals surface area contributed by atoms with Crippen LogP contribution in [0.1, 0.15) is 27.7 Å². The van der Waals surface area contributed by atoms with Gasteiger partial charge in [-0.15, -0.1) is 0 Å². The third-order valence-electron chi connectivity index (χ3n) is 3.25. The van der Waals surface area contributed by atoms with E-state index in [1.807, 2.05) is 0 Å². The molecule has 4 unspecified atom stereocenters. The van der Waals surface area contributed by atoms with E-state index < -0.39 is 47.9 Å². The van der Waals surface area contributed by atoms with Gasteiger partial charge < -0.3 is 31.9 Å². The van der Waals surface area contributed by atoms with Crippen molar-refractivity contribution in [3.63, 3.8) is 0 Å². The van der Waals surface area contributed by atoms with Gasteiger partial charge in [-0.05, 0) is 19.8 Å². The quantitative estimate of drug-likeness (QED) is 0.269. The van der Waals surface area contributed by atoms with Crippen LogP contribution in [0.5, 0.6) is 0 Å². The van der Waals surface area contributed by atoms with Crippen LogP contribution in [-0.2, 0) is 19.2 Å². The topological polar surface area (TPSA) is 171 Å². The minimum absolute atomic E-state index is 0.277. The van der Waals surface area contributed by atoms with Gasteiger partial charge in [0.25, 0.3) is 0 Å². The maximum absolute atomic E-state index is 12.2. The number of amides is 3. The Morgan fingerprint density at radius 1 is 0.917 bits per heavy atom. The van der Waals surface area contributed by atoms with E-state index in [2.05, 4.69) is 16.0 Å². The van der Waals surface area contributed by atoms with Crippen molar-refractivity contribution in [2.45, 2.75) is 51.9 Å². The molecule has 0 radical (unpaired) electrons. The van der Waals surface area contributed by atoms with Crippen LogP contribution in [0.15, 0.2) is 0 Å². The van der Waals surface area contributed by atoms with E-state index >= 15 is 0 Å². The average molecular weight is 346 g/mol. The molecule has 0 spiro atoms. The number of nitrogens with one attached hydrogen (secondary N) is 3. The highest BCUT2D eigenvalue weighted by Crippen LogP contribution is 2.04. The number of nitrogens with two attached hydrogens (primary N) is 1. The number of carbonyl (C=O) groups excluding carboxylic acids is 3. The first-order chi connectivity index (χ1) is 11.0. The first-order valence-corrected chi connectivity index (χ1v) is 7.52. The van der Waals surface area contributed by atoms with E-state index in [1.54, 1.807) is 13.8 Å². The van der Waals surface area contributed by atoms with Crippen molar-refractivity contribution < 1.29 is 29.4 Å². The van der Waals surface area contributed by atoms with Crippen LogP contribution in [-0.4, -0.2) is 64.7 Å². The maximum atomic E-state index is 12.2. The van der Waals surface area contributed by atoms with Crippen molar-refractivity contribution >= 4 is 23.7 Å². The summed E-state index contributed by atoms with van der Waals surface area (Å²) >= 11 is 0. The third kappa shape index (κ3) is 6.92. The van der Waals surface area contributed by atoms with E-state index in [0.29, 0.717) is 0 Å². The van der Waals surface area contributed by atoms with Crippen LogP contribution in [0.4, 0.5) is 0 Å². The SMILES string of the molecule is CC(NC(=O)CN)C(=O)NC(C(=O)NC(C(=O)O)C(C)O)C(C)C. The molecule has 24 heavy (non-hydrogen) atoms. The summed E-state index contributed by atoms with van der Waals surface area (Å²) in [7, 11) is 0. The molecular formula is C14H26N4O6. The summed E-state index contributed by atoms with van der Waals surface area (Å²) in [6.07, 6.45) is -1.31. The van der Waals surface area contributed by atoms with Crippen LogP contribution >= 0.6 is 0 Å². The summed E-state index contributed by atoms with van der Waals surface area (Å²) in [5.74, 6) is -3.63. The highest BCUT2D eigenvalue weighted by Gasteiger charge is 2.31. The van der Waals surface area contributed by atoms with Gasteiger partial charge in [-0.25, -0.2) is 4.79 Å². The molecule has 0 aromatic heterocycles. The lowest BCUT2D eigenvalue weighted by Gasteiger charge is -2.26. The van der Waals surface area contributed by atoms with E-state index in [-0.39, 0.29) is 12.5 Å². The number of carboxylic acid groups (broad SMARTS) is 1. The average Bonchev–Trinajstić information content (AvgIpc) is 2.48. The molecule has 0 aromatic rings. The number of aliphatic hydroxyl groups is 1. The first-order valence-electron chi connectivity index (χ1n) is 7.52. The van der Waals surface area contributed by atoms with E-state index in [4.69, 9.17) is 10.8 Å². The van der Waals surface area contributed by atoms with Gasteiger partial charge in [0, 0.05) is 0 Å². The van der Waals surface area contributed by atoms with Gasteiger partial charge in [0.1, 0.15) is 12.1 Å². The Kier molecular flexibility index (Phi) is 8.93. The van der Waals surface area contributed by atoms with Crippen molar-refractivity contribution in [2.24, 2.45) is 11.7 Å². The zero-order valence-corrected chi connectivity index (χ0v) is 14.2. The Labute approximate surface area is 140 Å². The second-order valence-corrected chi connectivity index (χ2v) is 5.79. The number of carbonyl (C=O) groups is 4. The molecule has 0 aliphatic heterocycles. The standard InChI is InChI=1S/C14H26N4O6/c1-6(2)10(13(22)18-11(8(4)19)14(23)24)17-12(21)7(3)16-9(20)5-15/h6-8,10-11,19H,5,15H2,1-4H3,(H,16,20)(H,17,21)(H,18,22)(H,23,24). The molecule has 0 bridgehead atoms. The molecule has 3 amide bonds. The lowest BCUT2D eigenvalue weighted by atomic mass is 10.0. The Hall–Kier alpha value is -2.20. The molecule has 0 heterocycles. The summed E-state index contributed by atoms with van der Waals surface area (Å²) in [6, 6.07) is -3.44. The van der Waals surface area contributed by atoms with Gasteiger partial charge in [0.15, 0.2) is 6.04 Å². The zero-order chi connectivity index (χ0) is 19.0. The lowest BCUT2D eigenvalue weighted by Crippen LogP contribution is -2.58. The Morgan fingerprint density at radius 2 is 1.42 bits per heavy atom. The molecule has 0 aromatic carbocycles. The number of hydrogen-bond acceptors (Lipinski definition) is 6. The van der Waals surface area contributed by atoms with Crippen LogP contribution in [0, 0.1) is 5.92 Å². The molecule has 10 heteroatoms. The van der Waals surface area contributed by atoms with E-state index in [1.165, 1.54) is 13.8 Å². The Bertz CT molecular complexity index is 480. The van der Waals surface area contributed by atoms with Crippen LogP contribution in [0.3, 0.4) is 0 Å². The predicted molar refractivity (Wildman–Crippen MR) is 84.7 cm³/mol. The fraction of sp³-hybridized carbons (Fsp3) is 0.714. The van der Waals surface area contributed by atoms with Gasteiger partial charge in [-0.1, -0.05) is 13.8 Å². The number of carboxylic acids is 1. The summed E-state index contributed by atoms with van der Waals surface area (Å²) in [6.45, 7) is 5.69. The van der Waals surface area contributed by atoms with E-state index in [9.17, 15) is 24.3 Å². The van der Waals surface area contributed by atoms with Crippen molar-refractivity contribution in [1.82, 2.24) is 16.0 Å². The smallest absolute Gasteiger partial charge is 0.328 e. The Morgan fingerprint density at radius 3 is 1.79 bits per heavy atom. The number of hydrogen-bond donors (Lipinski definition) is 6. The molecular weight excluding hydrogens is 320 g/mol. The van der Waals surface area contributed by atoms with Crippen LogP contribution < -0.4 is 21.7 Å². The summed E-state index contributed by atoms with van der Waals surface area (Å²) in [5, 5.41) is 25.4. The molecule has 0 aliphatic rings. The van der Waals surface area contributed by atoms with Gasteiger partial charge in [0.2, 0.25) is 17.7 Å². The van der Waals surface area contributed by atoms with Gasteiger partial charge in [-0.3, -0.25) is 14.4 Å². The molecule has 0 rings (SSSR count). The molecule has 7 N–H and O–H groups in total. The molecule has 10 nitrogen and oxygen atoms in total. The largest absolute Gasteiger partial charge is 0.480 e. The van der Waals surface area contributed by atoms with Crippen molar-refractivity contribution in [3.8, 4) is 0 Å². The molecule has 0 saturated heterocycles. The number of aliphatic hydroxyl groups excluding tert-OH is 1. The molecule has 138 valence electrons. The van der Waals surface area contributed by atoms with Crippen LogP contribution in [0.25, 0.3) is 0 Å². The minimum atomic E-state index is -1.50. The zero-order valence-electron chi connectivity index (χ0n) is 14.2. The molecule has 0 aliphatic carbocycles. The molecule has 0 fully saturated rings.